The zero-order valence-corrected chi connectivity index (χ0v) is 29.0. The summed E-state index contributed by atoms with van der Waals surface area (Å²) in [5.74, 6) is -2.95. The summed E-state index contributed by atoms with van der Waals surface area (Å²) in [6.07, 6.45) is 8.08. The number of carboxylic acids is 2. The number of rotatable bonds is 24. The van der Waals surface area contributed by atoms with Crippen molar-refractivity contribution in [2.45, 2.75) is 130 Å². The predicted octanol–water partition coefficient (Wildman–Crippen LogP) is 2.59. The predicted molar refractivity (Wildman–Crippen MR) is 150 cm³/mol. The van der Waals surface area contributed by atoms with E-state index >= 15 is 0 Å². The molecule has 0 saturated carbocycles. The van der Waals surface area contributed by atoms with E-state index in [2.05, 4.69) is 27.7 Å². The van der Waals surface area contributed by atoms with Crippen molar-refractivity contribution < 1.29 is 58.5 Å². The fraction of sp³-hybridized carbons (Fsp3) is 0.800. The maximum Gasteiger partial charge on any atom is 2.00 e. The first-order chi connectivity index (χ1) is 19.0. The van der Waals surface area contributed by atoms with Gasteiger partial charge < -0.3 is 29.6 Å². The molecule has 0 fully saturated rings. The van der Waals surface area contributed by atoms with Crippen LogP contribution in [0.2, 0.25) is 0 Å². The number of aliphatic carboxylic acids is 2. The van der Waals surface area contributed by atoms with Crippen LogP contribution in [0.3, 0.4) is 0 Å². The van der Waals surface area contributed by atoms with Crippen molar-refractivity contribution in [1.82, 2.24) is 9.80 Å². The van der Waals surface area contributed by atoms with E-state index in [1.807, 2.05) is 0 Å². The van der Waals surface area contributed by atoms with Crippen LogP contribution in [0.5, 0.6) is 0 Å². The maximum atomic E-state index is 12.0. The average molecular weight is 634 g/mol. The van der Waals surface area contributed by atoms with Crippen LogP contribution in [-0.2, 0) is 48.2 Å². The molecule has 0 unspecified atom stereocenters. The Morgan fingerprint density at radius 3 is 0.951 bits per heavy atom. The Bertz CT molecular complexity index is 683. The van der Waals surface area contributed by atoms with Crippen LogP contribution in [0.1, 0.15) is 130 Å². The number of amides is 2. The quantitative estimate of drug-likeness (QED) is 0.116. The number of nitrogens with zero attached hydrogens (tertiary/aromatic N) is 2. The summed E-state index contributed by atoms with van der Waals surface area (Å²) >= 11 is 0. The molecule has 0 rings (SSSR count). The van der Waals surface area contributed by atoms with Crippen molar-refractivity contribution >= 4 is 35.3 Å². The van der Waals surface area contributed by atoms with E-state index in [1.165, 1.54) is 0 Å². The zero-order valence-electron chi connectivity index (χ0n) is 26.0. The van der Waals surface area contributed by atoms with Gasteiger partial charge in [-0.15, -0.1) is 0 Å². The summed E-state index contributed by atoms with van der Waals surface area (Å²) in [6.45, 7) is 11.0. The van der Waals surface area contributed by atoms with E-state index in [0.29, 0.717) is 26.2 Å². The molecule has 0 bridgehead atoms. The fourth-order valence-electron chi connectivity index (χ4n) is 3.72. The van der Waals surface area contributed by atoms with Crippen molar-refractivity contribution in [2.75, 3.05) is 26.2 Å². The minimum atomic E-state index is -1.16. The molecule has 0 spiro atoms. The summed E-state index contributed by atoms with van der Waals surface area (Å²) in [4.78, 5) is 71.3. The molecule has 0 aliphatic rings. The number of hydrogen-bond acceptors (Lipinski definition) is 8. The molecule has 2 amide bonds. The largest absolute Gasteiger partial charge is 2.00 e. The van der Waals surface area contributed by atoms with Gasteiger partial charge in [-0.1, -0.05) is 53.4 Å². The average Bonchev–Trinajstić information content (AvgIpc) is 2.88. The molecule has 10 nitrogen and oxygen atoms in total. The molecule has 41 heavy (non-hydrogen) atoms. The molecule has 0 aromatic rings. The Balaban J connectivity index is -0.000000688. The number of carbonyl (C=O) groups excluding carboxylic acids is 6. The first-order valence-electron chi connectivity index (χ1n) is 15.0. The van der Waals surface area contributed by atoms with Crippen molar-refractivity contribution in [2.24, 2.45) is 0 Å². The summed E-state index contributed by atoms with van der Waals surface area (Å²) in [5, 5.41) is 20.5. The van der Waals surface area contributed by atoms with Gasteiger partial charge in [-0.25, -0.2) is 0 Å². The minimum Gasteiger partial charge on any atom is -0.550 e. The molecule has 0 atom stereocenters. The van der Waals surface area contributed by atoms with Gasteiger partial charge in [0.25, 0.3) is 0 Å². The van der Waals surface area contributed by atoms with Crippen LogP contribution in [0, 0.1) is 0 Å². The summed E-state index contributed by atoms with van der Waals surface area (Å²) in [6, 6.07) is 0. The first-order valence-corrected chi connectivity index (χ1v) is 15.0. The van der Waals surface area contributed by atoms with Crippen LogP contribution in [0.15, 0.2) is 0 Å². The van der Waals surface area contributed by atoms with Gasteiger partial charge in [-0.3, -0.25) is 19.2 Å². The summed E-state index contributed by atoms with van der Waals surface area (Å²) in [5.41, 5.74) is 0. The van der Waals surface area contributed by atoms with Crippen LogP contribution >= 0.6 is 0 Å². The monoisotopic (exact) mass is 632 g/mol. The van der Waals surface area contributed by atoms with Gasteiger partial charge in [0.15, 0.2) is 0 Å². The van der Waals surface area contributed by atoms with Gasteiger partial charge in [0.05, 0.1) is 12.8 Å². The Labute approximate surface area is 259 Å². The Morgan fingerprint density at radius 2 is 0.732 bits per heavy atom. The molecule has 0 radical (unpaired) electrons. The van der Waals surface area contributed by atoms with Crippen molar-refractivity contribution in [1.29, 1.82) is 0 Å². The second kappa shape index (κ2) is 29.3. The third-order valence-electron chi connectivity index (χ3n) is 6.20. The van der Waals surface area contributed by atoms with E-state index in [1.54, 1.807) is 9.80 Å². The van der Waals surface area contributed by atoms with Crippen molar-refractivity contribution in [3.05, 3.63) is 0 Å². The van der Waals surface area contributed by atoms with Gasteiger partial charge in [-0.2, -0.15) is 0 Å². The Morgan fingerprint density at radius 1 is 0.463 bits per heavy atom. The van der Waals surface area contributed by atoms with Crippen molar-refractivity contribution in [3.8, 4) is 0 Å². The maximum absolute atomic E-state index is 12.0. The third-order valence-corrected chi connectivity index (χ3v) is 6.20. The van der Waals surface area contributed by atoms with Gasteiger partial charge in [0.2, 0.25) is 11.8 Å². The summed E-state index contributed by atoms with van der Waals surface area (Å²) < 4.78 is 0. The van der Waals surface area contributed by atoms with Crippen molar-refractivity contribution in [3.63, 3.8) is 0 Å². The molecule has 0 heterocycles. The molecule has 0 aromatic carbocycles. The van der Waals surface area contributed by atoms with Gasteiger partial charge >= 0.3 is 19.5 Å². The summed E-state index contributed by atoms with van der Waals surface area (Å²) in [7, 11) is 0. The topological polar surface area (TPSA) is 155 Å². The second-order valence-corrected chi connectivity index (χ2v) is 10.1. The number of Topliss-reactive ketones (excluding diaryl/α,β-unsaturated/α-hetero) is 2. The number of unbranched alkanes of at least 4 members (excludes halogenated alkanes) is 4. The molecule has 0 aliphatic heterocycles. The molecule has 0 aromatic heterocycles. The van der Waals surface area contributed by atoms with Crippen LogP contribution in [-0.4, -0.2) is 71.3 Å². The Hall–Kier alpha value is -2.16. The van der Waals surface area contributed by atoms with Crippen LogP contribution in [0.4, 0.5) is 0 Å². The van der Waals surface area contributed by atoms with Gasteiger partial charge in [0, 0.05) is 51.0 Å². The number of hydrogen-bond donors (Lipinski definition) is 0. The molecular weight excluding hydrogens is 582 g/mol. The van der Waals surface area contributed by atoms with E-state index in [0.717, 1.165) is 51.4 Å². The molecule has 0 saturated heterocycles. The normalized spacial score (nSPS) is 10.0. The first kappa shape index (κ1) is 43.3. The Kier molecular flexibility index (Phi) is 31.0. The molecule has 11 heteroatoms. The number of carboxylic acid groups (broad SMARTS) is 2. The van der Waals surface area contributed by atoms with Gasteiger partial charge in [0.1, 0.15) is 11.6 Å². The zero-order chi connectivity index (χ0) is 30.8. The van der Waals surface area contributed by atoms with Crippen LogP contribution < -0.4 is 10.2 Å². The second-order valence-electron chi connectivity index (χ2n) is 10.1. The molecule has 0 aliphatic carbocycles. The smallest absolute Gasteiger partial charge is 0.550 e. The van der Waals surface area contributed by atoms with E-state index < -0.39 is 11.9 Å². The number of carbonyl (C=O) groups is 6. The molecule has 232 valence electrons. The van der Waals surface area contributed by atoms with E-state index in [9.17, 15) is 39.0 Å². The number of ketones is 2. The van der Waals surface area contributed by atoms with E-state index in [4.69, 9.17) is 0 Å². The SMILES string of the molecule is CCCCN(CCCC)C(=O)CC(=O)CCCC(=O)[O-].CCCCN(CCCC)C(=O)CC(=O)CCCC(=O)[O-].[Zn+2]. The minimum absolute atomic E-state index is 0. The molecular formula is C30H52N2O8Zn. The van der Waals surface area contributed by atoms with Gasteiger partial charge in [-0.05, 0) is 51.4 Å². The fourth-order valence-corrected chi connectivity index (χ4v) is 3.72. The van der Waals surface area contributed by atoms with Crippen LogP contribution in [0.25, 0.3) is 0 Å². The molecule has 0 N–H and O–H groups in total. The standard InChI is InChI=1S/2C15H27NO4.Zn/c2*1-3-5-10-16(11-6-4-2)14(18)12-13(17)8-7-9-15(19)20;/h2*3-12H2,1-2H3,(H,19,20);/q;;+2/p-2. The third kappa shape index (κ3) is 27.8. The van der Waals surface area contributed by atoms with E-state index in [-0.39, 0.29) is 94.2 Å².